The first-order valence-electron chi connectivity index (χ1n) is 7.79. The van der Waals surface area contributed by atoms with Crippen LogP contribution in [0.4, 0.5) is 5.69 Å². The van der Waals surface area contributed by atoms with Crippen LogP contribution in [0.1, 0.15) is 19.8 Å². The van der Waals surface area contributed by atoms with Gasteiger partial charge in [0.2, 0.25) is 11.8 Å². The second-order valence-corrected chi connectivity index (χ2v) is 6.74. The van der Waals surface area contributed by atoms with E-state index in [1.54, 1.807) is 43.1 Å². The number of nitrogens with zero attached hydrogens (tertiary/aromatic N) is 2. The molecular formula is C17H21ClN4O2. The number of hydrogen-bond donors (Lipinski definition) is 2. The Morgan fingerprint density at radius 3 is 2.54 bits per heavy atom. The van der Waals surface area contributed by atoms with Crippen LogP contribution in [0.5, 0.6) is 0 Å². The van der Waals surface area contributed by atoms with E-state index in [0.29, 0.717) is 10.7 Å². The van der Waals surface area contributed by atoms with Crippen molar-refractivity contribution in [3.05, 3.63) is 29.3 Å². The lowest BCUT2D eigenvalue weighted by Gasteiger charge is -2.24. The Balaban J connectivity index is 1.81. The quantitative estimate of drug-likeness (QED) is 0.789. The number of rotatable bonds is 7. The van der Waals surface area contributed by atoms with Gasteiger partial charge in [-0.05, 0) is 44.9 Å². The van der Waals surface area contributed by atoms with Gasteiger partial charge in [0.1, 0.15) is 5.54 Å². The highest BCUT2D eigenvalue weighted by Gasteiger charge is 2.43. The summed E-state index contributed by atoms with van der Waals surface area (Å²) >= 11 is 5.99. The molecule has 1 aliphatic carbocycles. The molecule has 1 saturated carbocycles. The third-order valence-corrected chi connectivity index (χ3v) is 4.33. The van der Waals surface area contributed by atoms with Crippen LogP contribution in [0.15, 0.2) is 24.3 Å². The number of halogens is 1. The number of carbonyl (C=O) groups is 2. The van der Waals surface area contributed by atoms with Crippen LogP contribution in [0.2, 0.25) is 5.02 Å². The topological polar surface area (TPSA) is 85.2 Å². The molecule has 0 aliphatic heterocycles. The lowest BCUT2D eigenvalue weighted by molar-refractivity contribution is -0.124. The summed E-state index contributed by atoms with van der Waals surface area (Å²) in [6.07, 6.45) is 1.92. The lowest BCUT2D eigenvalue weighted by atomic mass is 9.98. The molecule has 1 aromatic rings. The average molecular weight is 349 g/mol. The smallest absolute Gasteiger partial charge is 0.238 e. The predicted molar refractivity (Wildman–Crippen MR) is 92.5 cm³/mol. The second-order valence-electron chi connectivity index (χ2n) is 6.34. The van der Waals surface area contributed by atoms with Gasteiger partial charge in [-0.25, -0.2) is 0 Å². The fourth-order valence-corrected chi connectivity index (χ4v) is 2.69. The van der Waals surface area contributed by atoms with E-state index in [1.807, 2.05) is 0 Å². The molecule has 24 heavy (non-hydrogen) atoms. The first-order chi connectivity index (χ1) is 11.3. The van der Waals surface area contributed by atoms with Gasteiger partial charge in [0.05, 0.1) is 29.9 Å². The van der Waals surface area contributed by atoms with Gasteiger partial charge in [-0.2, -0.15) is 5.26 Å². The number of para-hydroxylation sites is 1. The Bertz CT molecular complexity index is 669. The van der Waals surface area contributed by atoms with Crippen molar-refractivity contribution in [1.29, 1.82) is 5.26 Å². The first kappa shape index (κ1) is 18.2. The minimum Gasteiger partial charge on any atom is -0.337 e. The van der Waals surface area contributed by atoms with Crippen LogP contribution in [0.25, 0.3) is 0 Å². The van der Waals surface area contributed by atoms with E-state index >= 15 is 0 Å². The molecule has 0 radical (unpaired) electrons. The van der Waals surface area contributed by atoms with E-state index in [2.05, 4.69) is 16.7 Å². The molecule has 0 saturated heterocycles. The van der Waals surface area contributed by atoms with Crippen molar-refractivity contribution >= 4 is 29.1 Å². The zero-order chi connectivity index (χ0) is 17.7. The number of hydrogen-bond acceptors (Lipinski definition) is 4. The molecule has 2 rings (SSSR count). The normalized spacial score (nSPS) is 16.1. The Morgan fingerprint density at radius 2 is 1.96 bits per heavy atom. The highest BCUT2D eigenvalue weighted by Crippen LogP contribution is 2.39. The lowest BCUT2D eigenvalue weighted by Crippen LogP contribution is -2.50. The highest BCUT2D eigenvalue weighted by molar-refractivity contribution is 6.33. The predicted octanol–water partition coefficient (Wildman–Crippen LogP) is 2.02. The molecule has 0 unspecified atom stereocenters. The number of likely N-dealkylation sites (N-methyl/N-ethyl adjacent to an activating group) is 1. The zero-order valence-corrected chi connectivity index (χ0v) is 14.6. The molecule has 1 aliphatic rings. The summed E-state index contributed by atoms with van der Waals surface area (Å²) in [5, 5.41) is 15.2. The summed E-state index contributed by atoms with van der Waals surface area (Å²) in [5.74, 6) is -0.303. The standard InChI is InChI=1S/C17H21ClN4O2/c1-17(11-19,12-7-8-12)21-16(24)10-22(2)9-15(23)20-14-6-4-3-5-13(14)18/h3-6,12H,7-10H2,1-2H3,(H,20,23)(H,21,24)/t17-/m1/s1. The van der Waals surface area contributed by atoms with Crippen LogP contribution in [-0.4, -0.2) is 42.4 Å². The van der Waals surface area contributed by atoms with E-state index in [9.17, 15) is 14.9 Å². The van der Waals surface area contributed by atoms with Gasteiger partial charge in [0.25, 0.3) is 0 Å². The van der Waals surface area contributed by atoms with Gasteiger partial charge in [0.15, 0.2) is 0 Å². The molecule has 7 heteroatoms. The van der Waals surface area contributed by atoms with Crippen LogP contribution in [-0.2, 0) is 9.59 Å². The summed E-state index contributed by atoms with van der Waals surface area (Å²) in [6.45, 7) is 1.83. The summed E-state index contributed by atoms with van der Waals surface area (Å²) in [6, 6.07) is 9.13. The minimum atomic E-state index is -0.822. The van der Waals surface area contributed by atoms with Crippen LogP contribution >= 0.6 is 11.6 Å². The van der Waals surface area contributed by atoms with Crippen molar-refractivity contribution in [2.24, 2.45) is 5.92 Å². The molecule has 0 bridgehead atoms. The molecule has 1 atom stereocenters. The van der Waals surface area contributed by atoms with E-state index < -0.39 is 5.54 Å². The zero-order valence-electron chi connectivity index (χ0n) is 13.8. The third kappa shape index (κ3) is 4.95. The van der Waals surface area contributed by atoms with Crippen molar-refractivity contribution in [3.63, 3.8) is 0 Å². The van der Waals surface area contributed by atoms with E-state index in [1.165, 1.54) is 0 Å². The van der Waals surface area contributed by atoms with E-state index in [0.717, 1.165) is 12.8 Å². The summed E-state index contributed by atoms with van der Waals surface area (Å²) in [7, 11) is 1.67. The monoisotopic (exact) mass is 348 g/mol. The number of amides is 2. The molecule has 6 nitrogen and oxygen atoms in total. The number of anilines is 1. The van der Waals surface area contributed by atoms with Crippen LogP contribution < -0.4 is 10.6 Å². The van der Waals surface area contributed by atoms with Crippen molar-refractivity contribution < 1.29 is 9.59 Å². The number of carbonyl (C=O) groups excluding carboxylic acids is 2. The van der Waals surface area contributed by atoms with Crippen molar-refractivity contribution in [2.75, 3.05) is 25.5 Å². The van der Waals surface area contributed by atoms with Crippen LogP contribution in [0, 0.1) is 17.2 Å². The van der Waals surface area contributed by atoms with Gasteiger partial charge in [-0.1, -0.05) is 23.7 Å². The van der Waals surface area contributed by atoms with Crippen molar-refractivity contribution in [2.45, 2.75) is 25.3 Å². The molecule has 128 valence electrons. The SMILES string of the molecule is CN(CC(=O)Nc1ccccc1Cl)CC(=O)N[C@](C)(C#N)C1CC1. The largest absolute Gasteiger partial charge is 0.337 e. The number of nitriles is 1. The Hall–Kier alpha value is -2.10. The Kier molecular flexibility index (Phi) is 5.81. The molecule has 0 spiro atoms. The molecule has 0 aromatic heterocycles. The average Bonchev–Trinajstić information content (AvgIpc) is 3.34. The van der Waals surface area contributed by atoms with Gasteiger partial charge in [-0.15, -0.1) is 0 Å². The van der Waals surface area contributed by atoms with Gasteiger partial charge in [0, 0.05) is 0 Å². The number of nitrogens with one attached hydrogen (secondary N) is 2. The fraction of sp³-hybridized carbons (Fsp3) is 0.471. The maximum absolute atomic E-state index is 12.1. The van der Waals surface area contributed by atoms with Crippen molar-refractivity contribution in [3.8, 4) is 6.07 Å². The van der Waals surface area contributed by atoms with E-state index in [-0.39, 0.29) is 30.8 Å². The summed E-state index contributed by atoms with van der Waals surface area (Å²) < 4.78 is 0. The Morgan fingerprint density at radius 1 is 1.33 bits per heavy atom. The minimum absolute atomic E-state index is 0.0416. The van der Waals surface area contributed by atoms with Gasteiger partial charge in [-0.3, -0.25) is 14.5 Å². The molecular weight excluding hydrogens is 328 g/mol. The molecule has 1 aromatic carbocycles. The summed E-state index contributed by atoms with van der Waals surface area (Å²) in [5.41, 5.74) is -0.287. The fourth-order valence-electron chi connectivity index (χ4n) is 2.51. The third-order valence-electron chi connectivity index (χ3n) is 4.00. The highest BCUT2D eigenvalue weighted by atomic mass is 35.5. The molecule has 2 amide bonds. The number of benzene rings is 1. The van der Waals surface area contributed by atoms with Gasteiger partial charge < -0.3 is 10.6 Å². The summed E-state index contributed by atoms with van der Waals surface area (Å²) in [4.78, 5) is 25.7. The Labute approximate surface area is 146 Å². The van der Waals surface area contributed by atoms with Crippen molar-refractivity contribution in [1.82, 2.24) is 10.2 Å². The second kappa shape index (κ2) is 7.65. The first-order valence-corrected chi connectivity index (χ1v) is 8.17. The maximum Gasteiger partial charge on any atom is 0.238 e. The van der Waals surface area contributed by atoms with E-state index in [4.69, 9.17) is 11.6 Å². The molecule has 1 fully saturated rings. The van der Waals surface area contributed by atoms with Crippen LogP contribution in [0.3, 0.4) is 0 Å². The van der Waals surface area contributed by atoms with Gasteiger partial charge >= 0.3 is 0 Å². The molecule has 2 N–H and O–H groups in total. The maximum atomic E-state index is 12.1. The molecule has 0 heterocycles.